The molecule has 182 valence electrons. The minimum atomic E-state index is -4.37. The van der Waals surface area contributed by atoms with Crippen molar-refractivity contribution in [1.82, 2.24) is 19.6 Å². The lowest BCUT2D eigenvalue weighted by Crippen LogP contribution is -2.37. The molecule has 2 aromatic heterocycles. The van der Waals surface area contributed by atoms with E-state index in [1.807, 2.05) is 0 Å². The van der Waals surface area contributed by atoms with E-state index in [1.54, 1.807) is 13.0 Å². The van der Waals surface area contributed by atoms with Gasteiger partial charge in [-0.1, -0.05) is 5.16 Å². The van der Waals surface area contributed by atoms with E-state index in [-0.39, 0.29) is 23.1 Å². The highest BCUT2D eigenvalue weighted by atomic mass is 31.2. The van der Waals surface area contributed by atoms with Crippen LogP contribution in [0.3, 0.4) is 0 Å². The van der Waals surface area contributed by atoms with Crippen molar-refractivity contribution < 1.29 is 23.3 Å². The van der Waals surface area contributed by atoms with Gasteiger partial charge in [0.05, 0.1) is 5.69 Å². The van der Waals surface area contributed by atoms with Crippen molar-refractivity contribution in [2.24, 2.45) is 0 Å². The number of halogens is 1. The fraction of sp³-hybridized carbons (Fsp3) is 0.522. The molecule has 1 unspecified atom stereocenters. The van der Waals surface area contributed by atoms with Crippen LogP contribution < -0.4 is 5.56 Å². The molecule has 1 aromatic carbocycles. The molecule has 1 fully saturated rings. The number of aromatic nitrogens is 3. The zero-order chi connectivity index (χ0) is 24.0. The predicted molar refractivity (Wildman–Crippen MR) is 123 cm³/mol. The summed E-state index contributed by atoms with van der Waals surface area (Å²) in [5.74, 6) is 0.113. The first-order chi connectivity index (χ1) is 16.2. The second-order valence-electron chi connectivity index (χ2n) is 9.31. The number of nitrogens with zero attached hydrogens (tertiary/aromatic N) is 4. The third-order valence-corrected chi connectivity index (χ3v) is 8.48. The Morgan fingerprint density at radius 2 is 1.97 bits per heavy atom. The van der Waals surface area contributed by atoms with E-state index in [9.17, 15) is 23.5 Å². The van der Waals surface area contributed by atoms with Crippen molar-refractivity contribution in [3.8, 4) is 0 Å². The molecule has 1 saturated heterocycles. The highest BCUT2D eigenvalue weighted by Gasteiger charge is 2.37. The largest absolute Gasteiger partial charge is 0.356 e. The lowest BCUT2D eigenvalue weighted by molar-refractivity contribution is 0.211. The van der Waals surface area contributed by atoms with Gasteiger partial charge >= 0.3 is 7.60 Å². The third kappa shape index (κ3) is 4.35. The first-order valence-corrected chi connectivity index (χ1v) is 13.3. The van der Waals surface area contributed by atoms with Gasteiger partial charge in [-0.2, -0.15) is 0 Å². The molecule has 2 aliphatic heterocycles. The fourth-order valence-corrected chi connectivity index (χ4v) is 6.31. The van der Waals surface area contributed by atoms with Crippen LogP contribution >= 0.6 is 7.60 Å². The summed E-state index contributed by atoms with van der Waals surface area (Å²) in [5, 5.41) is 5.06. The van der Waals surface area contributed by atoms with Gasteiger partial charge in [0.1, 0.15) is 17.3 Å². The second kappa shape index (κ2) is 9.00. The summed E-state index contributed by atoms with van der Waals surface area (Å²) in [5.41, 5.74) is 1.31. The molecule has 1 atom stereocenters. The van der Waals surface area contributed by atoms with Crippen molar-refractivity contribution in [2.75, 3.05) is 19.6 Å². The van der Waals surface area contributed by atoms with E-state index in [4.69, 9.17) is 4.52 Å². The molecule has 2 N–H and O–H groups in total. The fourth-order valence-electron chi connectivity index (χ4n) is 5.30. The van der Waals surface area contributed by atoms with Crippen molar-refractivity contribution in [2.45, 2.75) is 57.1 Å². The van der Waals surface area contributed by atoms with Crippen LogP contribution in [0, 0.1) is 12.7 Å². The van der Waals surface area contributed by atoms with Crippen molar-refractivity contribution in [3.05, 3.63) is 57.1 Å². The number of benzene rings is 1. The second-order valence-corrected chi connectivity index (χ2v) is 11.1. The Bertz CT molecular complexity index is 1320. The first kappa shape index (κ1) is 23.4. The molecule has 0 bridgehead atoms. The zero-order valence-electron chi connectivity index (χ0n) is 19.0. The van der Waals surface area contributed by atoms with E-state index in [0.717, 1.165) is 37.0 Å². The van der Waals surface area contributed by atoms with Gasteiger partial charge in [0, 0.05) is 41.7 Å². The van der Waals surface area contributed by atoms with Crippen molar-refractivity contribution >= 4 is 18.6 Å². The van der Waals surface area contributed by atoms with Crippen LogP contribution in [0.25, 0.3) is 11.0 Å². The monoisotopic (exact) mass is 490 g/mol. The molecular formula is C23H28FN4O5P. The Morgan fingerprint density at radius 3 is 2.71 bits per heavy atom. The molecule has 11 heteroatoms. The van der Waals surface area contributed by atoms with Crippen LogP contribution in [0.15, 0.2) is 27.5 Å². The average Bonchev–Trinajstić information content (AvgIpc) is 3.21. The van der Waals surface area contributed by atoms with E-state index in [0.29, 0.717) is 49.2 Å². The Balaban J connectivity index is 1.26. The molecule has 5 rings (SSSR count). The molecule has 0 spiro atoms. The van der Waals surface area contributed by atoms with Crippen LogP contribution in [-0.4, -0.2) is 49.0 Å². The van der Waals surface area contributed by atoms with Crippen LogP contribution in [0.2, 0.25) is 0 Å². The Kier molecular flexibility index (Phi) is 6.18. The summed E-state index contributed by atoms with van der Waals surface area (Å²) in [6.07, 6.45) is 3.20. The van der Waals surface area contributed by atoms with E-state index in [2.05, 4.69) is 15.0 Å². The number of piperidine rings is 1. The SMILES string of the molecule is Cc1nc2n(c(=O)c1CCN1CCC(c3noc4cc(F)ccc34)CC1)CCCC2P(=O)(O)O. The summed E-state index contributed by atoms with van der Waals surface area (Å²) < 4.78 is 32.1. The van der Waals surface area contributed by atoms with Crippen molar-refractivity contribution in [3.63, 3.8) is 0 Å². The Labute approximate surface area is 195 Å². The van der Waals surface area contributed by atoms with Crippen LogP contribution in [0.1, 0.15) is 60.0 Å². The van der Waals surface area contributed by atoms with Gasteiger partial charge in [-0.15, -0.1) is 0 Å². The maximum atomic E-state index is 13.4. The van der Waals surface area contributed by atoms with Gasteiger partial charge in [-0.25, -0.2) is 9.37 Å². The van der Waals surface area contributed by atoms with Gasteiger partial charge in [0.15, 0.2) is 5.58 Å². The van der Waals surface area contributed by atoms with Gasteiger partial charge < -0.3 is 19.2 Å². The zero-order valence-corrected chi connectivity index (χ0v) is 19.9. The predicted octanol–water partition coefficient (Wildman–Crippen LogP) is 3.27. The lowest BCUT2D eigenvalue weighted by atomic mass is 9.91. The van der Waals surface area contributed by atoms with Crippen LogP contribution in [-0.2, 0) is 17.5 Å². The lowest BCUT2D eigenvalue weighted by Gasteiger charge is -2.31. The number of fused-ring (bicyclic) bond motifs is 2. The molecule has 0 radical (unpaired) electrons. The van der Waals surface area contributed by atoms with Crippen LogP contribution in [0.4, 0.5) is 4.39 Å². The maximum Gasteiger partial charge on any atom is 0.336 e. The van der Waals surface area contributed by atoms with Crippen molar-refractivity contribution in [1.29, 1.82) is 0 Å². The average molecular weight is 490 g/mol. The molecule has 9 nitrogen and oxygen atoms in total. The summed E-state index contributed by atoms with van der Waals surface area (Å²) in [7, 11) is -4.37. The Morgan fingerprint density at radius 1 is 1.21 bits per heavy atom. The number of hydrogen-bond donors (Lipinski definition) is 2. The molecule has 3 aromatic rings. The van der Waals surface area contributed by atoms with E-state index in [1.165, 1.54) is 16.7 Å². The molecule has 2 aliphatic rings. The molecule has 4 heterocycles. The molecular weight excluding hydrogens is 462 g/mol. The topological polar surface area (TPSA) is 122 Å². The quantitative estimate of drug-likeness (QED) is 0.523. The summed E-state index contributed by atoms with van der Waals surface area (Å²) in [6.45, 7) is 4.58. The first-order valence-electron chi connectivity index (χ1n) is 11.6. The summed E-state index contributed by atoms with van der Waals surface area (Å²) in [4.78, 5) is 39.3. The number of hydrogen-bond acceptors (Lipinski definition) is 6. The van der Waals surface area contributed by atoms with Gasteiger partial charge in [-0.3, -0.25) is 13.9 Å². The highest BCUT2D eigenvalue weighted by molar-refractivity contribution is 7.52. The molecule has 0 amide bonds. The van der Waals surface area contributed by atoms with Gasteiger partial charge in [0.2, 0.25) is 0 Å². The molecule has 0 aliphatic carbocycles. The van der Waals surface area contributed by atoms with Gasteiger partial charge in [-0.05, 0) is 64.3 Å². The standard InChI is InChI=1S/C23H28FN4O5P/c1-14-17(23(29)28-9-2-3-20(22(28)25-14)34(30,31)32)8-12-27-10-6-15(7-11-27)21-18-5-4-16(24)13-19(18)33-26-21/h4-5,13,15,20H,2-3,6-12H2,1H3,(H2,30,31,32). The number of rotatable bonds is 5. The minimum Gasteiger partial charge on any atom is -0.356 e. The summed E-state index contributed by atoms with van der Waals surface area (Å²) >= 11 is 0. The highest BCUT2D eigenvalue weighted by Crippen LogP contribution is 2.54. The third-order valence-electron chi connectivity index (χ3n) is 7.18. The minimum absolute atomic E-state index is 0.183. The number of likely N-dealkylation sites (tertiary alicyclic amines) is 1. The van der Waals surface area contributed by atoms with E-state index >= 15 is 0 Å². The van der Waals surface area contributed by atoms with Crippen LogP contribution in [0.5, 0.6) is 0 Å². The maximum absolute atomic E-state index is 13.4. The normalized spacial score (nSPS) is 20.1. The van der Waals surface area contributed by atoms with E-state index < -0.39 is 13.3 Å². The Hall–Kier alpha value is -2.39. The molecule has 34 heavy (non-hydrogen) atoms. The van der Waals surface area contributed by atoms with Gasteiger partial charge in [0.25, 0.3) is 5.56 Å². The number of aryl methyl sites for hydroxylation is 1. The molecule has 0 saturated carbocycles. The smallest absolute Gasteiger partial charge is 0.336 e. The summed E-state index contributed by atoms with van der Waals surface area (Å²) in [6, 6.07) is 4.50.